The molecular formula is C14H27NO2. The number of hydrogen-bond donors (Lipinski definition) is 2. The van der Waals surface area contributed by atoms with E-state index in [1.165, 1.54) is 0 Å². The van der Waals surface area contributed by atoms with E-state index in [1.54, 1.807) is 0 Å². The van der Waals surface area contributed by atoms with Gasteiger partial charge in [0.2, 0.25) is 0 Å². The third-order valence-electron chi connectivity index (χ3n) is 3.63. The van der Waals surface area contributed by atoms with E-state index in [-0.39, 0.29) is 11.8 Å². The lowest BCUT2D eigenvalue weighted by atomic mass is 9.68. The lowest BCUT2D eigenvalue weighted by Gasteiger charge is -2.38. The van der Waals surface area contributed by atoms with Crippen LogP contribution in [0.25, 0.3) is 0 Å². The fourth-order valence-corrected chi connectivity index (χ4v) is 2.54. The number of carboxylic acids is 1. The van der Waals surface area contributed by atoms with Gasteiger partial charge in [-0.1, -0.05) is 19.9 Å². The second-order valence-corrected chi connectivity index (χ2v) is 4.74. The van der Waals surface area contributed by atoms with Gasteiger partial charge in [-0.3, -0.25) is 4.79 Å². The molecule has 3 nitrogen and oxygen atoms in total. The topological polar surface area (TPSA) is 63.3 Å². The summed E-state index contributed by atoms with van der Waals surface area (Å²) < 4.78 is 0. The zero-order valence-corrected chi connectivity index (χ0v) is 11.2. The van der Waals surface area contributed by atoms with Crippen molar-refractivity contribution in [2.45, 2.75) is 52.4 Å². The maximum atomic E-state index is 10.8. The molecule has 0 bridgehead atoms. The van der Waals surface area contributed by atoms with Gasteiger partial charge >= 0.3 is 5.97 Å². The molecule has 0 spiro atoms. The smallest absolute Gasteiger partial charge is 0.303 e. The van der Waals surface area contributed by atoms with Crippen molar-refractivity contribution in [1.29, 1.82) is 0 Å². The summed E-state index contributed by atoms with van der Waals surface area (Å²) in [5.74, 6) is -0.0291. The zero-order valence-electron chi connectivity index (χ0n) is 11.2. The minimum atomic E-state index is -0.720. The standard InChI is InChI=1S/C12H21NO2.C2H6/c1-2-3-10-4-6-12(9-13,7-5-10)8-11(14)15;1-2/h2,10H,1,3-9,13H2,(H,14,15);1-2H3. The van der Waals surface area contributed by atoms with Crippen molar-refractivity contribution in [1.82, 2.24) is 0 Å². The van der Waals surface area contributed by atoms with Gasteiger partial charge in [0.1, 0.15) is 0 Å². The summed E-state index contributed by atoms with van der Waals surface area (Å²) >= 11 is 0. The molecular weight excluding hydrogens is 214 g/mol. The summed E-state index contributed by atoms with van der Waals surface area (Å²) in [6.45, 7) is 8.24. The lowest BCUT2D eigenvalue weighted by molar-refractivity contribution is -0.140. The van der Waals surface area contributed by atoms with E-state index >= 15 is 0 Å². The fraction of sp³-hybridized carbons (Fsp3) is 0.786. The summed E-state index contributed by atoms with van der Waals surface area (Å²) in [6.07, 6.45) is 7.32. The Morgan fingerprint density at radius 3 is 2.35 bits per heavy atom. The van der Waals surface area contributed by atoms with E-state index in [0.29, 0.717) is 12.5 Å². The number of carbonyl (C=O) groups is 1. The highest BCUT2D eigenvalue weighted by Crippen LogP contribution is 2.41. The molecule has 3 heteroatoms. The van der Waals surface area contributed by atoms with Crippen LogP contribution in [0.5, 0.6) is 0 Å². The molecule has 0 unspecified atom stereocenters. The molecule has 0 aromatic rings. The Bertz CT molecular complexity index is 230. The average molecular weight is 241 g/mol. The predicted molar refractivity (Wildman–Crippen MR) is 71.9 cm³/mol. The summed E-state index contributed by atoms with van der Waals surface area (Å²) in [7, 11) is 0. The van der Waals surface area contributed by atoms with E-state index in [0.717, 1.165) is 32.1 Å². The molecule has 1 fully saturated rings. The van der Waals surface area contributed by atoms with Gasteiger partial charge in [-0.2, -0.15) is 0 Å². The van der Waals surface area contributed by atoms with Crippen LogP contribution in [0.15, 0.2) is 12.7 Å². The highest BCUT2D eigenvalue weighted by Gasteiger charge is 2.35. The average Bonchev–Trinajstić information content (AvgIpc) is 2.34. The Kier molecular flexibility index (Phi) is 7.88. The van der Waals surface area contributed by atoms with Gasteiger partial charge in [-0.25, -0.2) is 0 Å². The van der Waals surface area contributed by atoms with E-state index in [4.69, 9.17) is 10.8 Å². The molecule has 17 heavy (non-hydrogen) atoms. The number of allylic oxidation sites excluding steroid dienone is 1. The van der Waals surface area contributed by atoms with Crippen LogP contribution in [-0.2, 0) is 4.79 Å². The molecule has 1 saturated carbocycles. The monoisotopic (exact) mass is 241 g/mol. The highest BCUT2D eigenvalue weighted by atomic mass is 16.4. The zero-order chi connectivity index (χ0) is 13.3. The second-order valence-electron chi connectivity index (χ2n) is 4.74. The molecule has 0 atom stereocenters. The second kappa shape index (κ2) is 8.29. The first kappa shape index (κ1) is 16.2. The van der Waals surface area contributed by atoms with Crippen molar-refractivity contribution in [3.8, 4) is 0 Å². The Balaban J connectivity index is 0.00000121. The Hall–Kier alpha value is -0.830. The summed E-state index contributed by atoms with van der Waals surface area (Å²) in [5, 5.41) is 8.86. The molecule has 0 aromatic heterocycles. The largest absolute Gasteiger partial charge is 0.481 e. The van der Waals surface area contributed by atoms with Crippen molar-refractivity contribution < 1.29 is 9.90 Å². The molecule has 1 aliphatic rings. The van der Waals surface area contributed by atoms with Gasteiger partial charge in [0.25, 0.3) is 0 Å². The summed E-state index contributed by atoms with van der Waals surface area (Å²) in [5.41, 5.74) is 5.59. The van der Waals surface area contributed by atoms with E-state index in [9.17, 15) is 4.79 Å². The van der Waals surface area contributed by atoms with Crippen LogP contribution in [0.1, 0.15) is 52.4 Å². The Morgan fingerprint density at radius 1 is 1.47 bits per heavy atom. The Morgan fingerprint density at radius 2 is 2.00 bits per heavy atom. The van der Waals surface area contributed by atoms with Gasteiger partial charge in [-0.05, 0) is 50.0 Å². The number of aliphatic carboxylic acids is 1. The first-order chi connectivity index (χ1) is 8.12. The minimum absolute atomic E-state index is 0.135. The van der Waals surface area contributed by atoms with Crippen LogP contribution in [0.3, 0.4) is 0 Å². The van der Waals surface area contributed by atoms with Crippen molar-refractivity contribution >= 4 is 5.97 Å². The van der Waals surface area contributed by atoms with Crippen LogP contribution < -0.4 is 5.73 Å². The van der Waals surface area contributed by atoms with Crippen LogP contribution >= 0.6 is 0 Å². The summed E-state index contributed by atoms with van der Waals surface area (Å²) in [6, 6.07) is 0. The molecule has 1 rings (SSSR count). The predicted octanol–water partition coefficient (Wildman–Crippen LogP) is 3.20. The van der Waals surface area contributed by atoms with Crippen molar-refractivity contribution in [3.05, 3.63) is 12.7 Å². The van der Waals surface area contributed by atoms with Gasteiger partial charge < -0.3 is 10.8 Å². The normalized spacial score (nSPS) is 27.8. The first-order valence-corrected chi connectivity index (χ1v) is 6.64. The third-order valence-corrected chi connectivity index (χ3v) is 3.63. The van der Waals surface area contributed by atoms with Crippen LogP contribution in [0, 0.1) is 11.3 Å². The number of rotatable bonds is 5. The van der Waals surface area contributed by atoms with Gasteiger partial charge in [0.15, 0.2) is 0 Å². The van der Waals surface area contributed by atoms with Crippen LogP contribution in [0.4, 0.5) is 0 Å². The molecule has 0 aromatic carbocycles. The number of carboxylic acid groups (broad SMARTS) is 1. The summed E-state index contributed by atoms with van der Waals surface area (Å²) in [4.78, 5) is 10.8. The van der Waals surface area contributed by atoms with Crippen LogP contribution in [0.2, 0.25) is 0 Å². The van der Waals surface area contributed by atoms with E-state index < -0.39 is 5.97 Å². The number of hydrogen-bond acceptors (Lipinski definition) is 2. The van der Waals surface area contributed by atoms with Crippen molar-refractivity contribution in [3.63, 3.8) is 0 Å². The molecule has 0 saturated heterocycles. The number of nitrogens with two attached hydrogens (primary N) is 1. The molecule has 0 aliphatic heterocycles. The Labute approximate surface area is 105 Å². The van der Waals surface area contributed by atoms with E-state index in [2.05, 4.69) is 6.58 Å². The minimum Gasteiger partial charge on any atom is -0.481 e. The quantitative estimate of drug-likeness (QED) is 0.726. The fourth-order valence-electron chi connectivity index (χ4n) is 2.54. The molecule has 3 N–H and O–H groups in total. The molecule has 100 valence electrons. The van der Waals surface area contributed by atoms with E-state index in [1.807, 2.05) is 19.9 Å². The van der Waals surface area contributed by atoms with Crippen molar-refractivity contribution in [2.24, 2.45) is 17.1 Å². The molecule has 0 amide bonds. The van der Waals surface area contributed by atoms with Crippen molar-refractivity contribution in [2.75, 3.05) is 6.54 Å². The van der Waals surface area contributed by atoms with Gasteiger partial charge in [-0.15, -0.1) is 6.58 Å². The molecule has 1 aliphatic carbocycles. The maximum Gasteiger partial charge on any atom is 0.303 e. The third kappa shape index (κ3) is 5.35. The molecule has 0 radical (unpaired) electrons. The van der Waals surface area contributed by atoms with Gasteiger partial charge in [0, 0.05) is 0 Å². The molecule has 0 heterocycles. The van der Waals surface area contributed by atoms with Gasteiger partial charge in [0.05, 0.1) is 6.42 Å². The SMILES string of the molecule is C=CCC1CCC(CN)(CC(=O)O)CC1.CC. The maximum absolute atomic E-state index is 10.8. The highest BCUT2D eigenvalue weighted by molar-refractivity contribution is 5.67. The lowest BCUT2D eigenvalue weighted by Crippen LogP contribution is -2.36. The van der Waals surface area contributed by atoms with Crippen LogP contribution in [-0.4, -0.2) is 17.6 Å². The first-order valence-electron chi connectivity index (χ1n) is 6.64.